The van der Waals surface area contributed by atoms with Crippen LogP contribution in [-0.4, -0.2) is 20.6 Å². The SMILES string of the molecule is C#C.C#C.CC[C@H]1C=C[C@H]([C@@H]2CN(c3ccc(C#N)c(C(F)(F)F)c3)S(=O)(=O)P2)C1. The summed E-state index contributed by atoms with van der Waals surface area (Å²) in [5.41, 5.74) is -1.76. The van der Waals surface area contributed by atoms with E-state index >= 15 is 0 Å². The Hall–Kier alpha value is -2.46. The average molecular weight is 454 g/mol. The van der Waals surface area contributed by atoms with Crippen molar-refractivity contribution in [3.8, 4) is 31.8 Å². The molecule has 1 heterocycles. The van der Waals surface area contributed by atoms with Crippen molar-refractivity contribution in [2.24, 2.45) is 11.8 Å². The second-order valence-electron chi connectivity index (χ2n) is 6.55. The van der Waals surface area contributed by atoms with Gasteiger partial charge in [-0.15, -0.1) is 25.7 Å². The number of benzene rings is 1. The van der Waals surface area contributed by atoms with E-state index in [1.165, 1.54) is 12.1 Å². The number of anilines is 1. The molecule has 0 radical (unpaired) electrons. The zero-order valence-electron chi connectivity index (χ0n) is 16.3. The van der Waals surface area contributed by atoms with Crippen LogP contribution >= 0.6 is 7.78 Å². The van der Waals surface area contributed by atoms with Gasteiger partial charge in [0.05, 0.1) is 22.9 Å². The van der Waals surface area contributed by atoms with E-state index in [0.717, 1.165) is 29.3 Å². The van der Waals surface area contributed by atoms with Gasteiger partial charge >= 0.3 is 6.18 Å². The Labute approximate surface area is 177 Å². The van der Waals surface area contributed by atoms with E-state index in [-0.39, 0.29) is 31.6 Å². The van der Waals surface area contributed by atoms with Gasteiger partial charge in [-0.3, -0.25) is 4.31 Å². The summed E-state index contributed by atoms with van der Waals surface area (Å²) in [4.78, 5) is 0. The number of hydrogen-bond donors (Lipinski definition) is 0. The highest BCUT2D eigenvalue weighted by Crippen LogP contribution is 2.48. The van der Waals surface area contributed by atoms with E-state index in [9.17, 15) is 21.6 Å². The minimum absolute atomic E-state index is 0.0275. The fraction of sp³-hybridized carbons (Fsp3) is 0.381. The molecule has 0 saturated carbocycles. The number of alkyl halides is 3. The summed E-state index contributed by atoms with van der Waals surface area (Å²) in [6, 6.07) is 4.59. The van der Waals surface area contributed by atoms with E-state index in [4.69, 9.17) is 5.26 Å². The van der Waals surface area contributed by atoms with Crippen molar-refractivity contribution in [3.05, 3.63) is 41.5 Å². The molecule has 30 heavy (non-hydrogen) atoms. The molecule has 0 aromatic heterocycles. The lowest BCUT2D eigenvalue weighted by Crippen LogP contribution is -2.27. The summed E-state index contributed by atoms with van der Waals surface area (Å²) in [7, 11) is -4.02. The highest BCUT2D eigenvalue weighted by molar-refractivity contribution is 8.45. The molecule has 1 aromatic rings. The van der Waals surface area contributed by atoms with E-state index < -0.39 is 26.9 Å². The molecule has 1 fully saturated rings. The Kier molecular flexibility index (Phi) is 8.98. The van der Waals surface area contributed by atoms with Crippen LogP contribution in [0.3, 0.4) is 0 Å². The van der Waals surface area contributed by atoms with Gasteiger partial charge in [-0.2, -0.15) is 18.4 Å². The largest absolute Gasteiger partial charge is 0.417 e. The fourth-order valence-corrected chi connectivity index (χ4v) is 8.35. The number of terminal acetylenes is 2. The van der Waals surface area contributed by atoms with Crippen LogP contribution in [0.2, 0.25) is 0 Å². The molecule has 0 amide bonds. The number of hydrogen-bond acceptors (Lipinski definition) is 3. The molecule has 0 spiro atoms. The summed E-state index contributed by atoms with van der Waals surface area (Å²) in [6.45, 7) is 2.25. The van der Waals surface area contributed by atoms with Crippen molar-refractivity contribution in [2.45, 2.75) is 31.6 Å². The maximum absolute atomic E-state index is 13.2. The van der Waals surface area contributed by atoms with Gasteiger partial charge in [0.25, 0.3) is 0 Å². The number of allylic oxidation sites excluding steroid dienone is 2. The van der Waals surface area contributed by atoms with Gasteiger partial charge in [0.15, 0.2) is 0 Å². The van der Waals surface area contributed by atoms with E-state index in [1.54, 1.807) is 0 Å². The van der Waals surface area contributed by atoms with Gasteiger partial charge in [0.2, 0.25) is 9.64 Å². The molecule has 1 saturated heterocycles. The molecular formula is C21H22F3N2O2PS. The van der Waals surface area contributed by atoms with Crippen molar-refractivity contribution in [1.82, 2.24) is 0 Å². The van der Waals surface area contributed by atoms with Crippen LogP contribution in [0.4, 0.5) is 18.9 Å². The van der Waals surface area contributed by atoms with Gasteiger partial charge < -0.3 is 0 Å². The quantitative estimate of drug-likeness (QED) is 0.375. The van der Waals surface area contributed by atoms with Crippen molar-refractivity contribution in [2.75, 3.05) is 10.8 Å². The summed E-state index contributed by atoms with van der Waals surface area (Å²) in [6.07, 6.45) is 17.3. The maximum atomic E-state index is 13.2. The highest BCUT2D eigenvalue weighted by Gasteiger charge is 2.42. The Morgan fingerprint density at radius 2 is 1.87 bits per heavy atom. The average Bonchev–Trinajstić information content (AvgIpc) is 3.33. The van der Waals surface area contributed by atoms with E-state index in [2.05, 4.69) is 38.7 Å². The lowest BCUT2D eigenvalue weighted by Gasteiger charge is -2.20. The number of halogens is 3. The summed E-state index contributed by atoms with van der Waals surface area (Å²) in [5.74, 6) is 0.576. The minimum atomic E-state index is -4.71. The van der Waals surface area contributed by atoms with E-state index in [1.807, 2.05) is 6.08 Å². The lowest BCUT2D eigenvalue weighted by atomic mass is 9.98. The number of nitrogens with zero attached hydrogens (tertiary/aromatic N) is 2. The van der Waals surface area contributed by atoms with Crippen LogP contribution in [0.15, 0.2) is 30.4 Å². The third kappa shape index (κ3) is 5.57. The Bertz CT molecular complexity index is 956. The lowest BCUT2D eigenvalue weighted by molar-refractivity contribution is -0.137. The number of rotatable bonds is 3. The van der Waals surface area contributed by atoms with Gasteiger partial charge in [0, 0.05) is 20.0 Å². The normalized spacial score (nSPS) is 24.9. The van der Waals surface area contributed by atoms with Crippen LogP contribution < -0.4 is 4.31 Å². The predicted octanol–water partition coefficient (Wildman–Crippen LogP) is 4.79. The summed E-state index contributed by atoms with van der Waals surface area (Å²) < 4.78 is 65.7. The minimum Gasteiger partial charge on any atom is -0.267 e. The molecule has 1 aliphatic heterocycles. The van der Waals surface area contributed by atoms with Crippen molar-refractivity contribution in [3.63, 3.8) is 0 Å². The third-order valence-electron chi connectivity index (χ3n) is 4.92. The first-order valence-electron chi connectivity index (χ1n) is 8.92. The zero-order chi connectivity index (χ0) is 23.1. The van der Waals surface area contributed by atoms with Gasteiger partial charge in [-0.1, -0.05) is 19.1 Å². The monoisotopic (exact) mass is 454 g/mol. The second-order valence-corrected chi connectivity index (χ2v) is 11.2. The molecule has 2 aliphatic rings. The van der Waals surface area contributed by atoms with Crippen molar-refractivity contribution in [1.29, 1.82) is 5.26 Å². The Morgan fingerprint density at radius 1 is 1.23 bits per heavy atom. The molecule has 0 N–H and O–H groups in total. The Morgan fingerprint density at radius 3 is 2.37 bits per heavy atom. The first kappa shape index (κ1) is 25.6. The maximum Gasteiger partial charge on any atom is 0.417 e. The second kappa shape index (κ2) is 10.5. The third-order valence-corrected chi connectivity index (χ3v) is 9.53. The Balaban J connectivity index is 0.00000106. The van der Waals surface area contributed by atoms with Gasteiger partial charge in [-0.05, 0) is 42.9 Å². The molecule has 160 valence electrons. The molecule has 0 bridgehead atoms. The molecule has 9 heteroatoms. The predicted molar refractivity (Wildman–Crippen MR) is 115 cm³/mol. The van der Waals surface area contributed by atoms with Crippen LogP contribution in [0.5, 0.6) is 0 Å². The van der Waals surface area contributed by atoms with Crippen molar-refractivity contribution < 1.29 is 21.6 Å². The van der Waals surface area contributed by atoms with Gasteiger partial charge in [0.1, 0.15) is 0 Å². The topological polar surface area (TPSA) is 61.2 Å². The fourth-order valence-electron chi connectivity index (χ4n) is 3.46. The van der Waals surface area contributed by atoms with E-state index in [0.29, 0.717) is 5.92 Å². The van der Waals surface area contributed by atoms with Gasteiger partial charge in [-0.25, -0.2) is 8.42 Å². The highest BCUT2D eigenvalue weighted by atomic mass is 32.8. The van der Waals surface area contributed by atoms with Crippen LogP contribution in [0.25, 0.3) is 0 Å². The molecule has 1 aliphatic carbocycles. The van der Waals surface area contributed by atoms with Crippen LogP contribution in [-0.2, 0) is 15.8 Å². The summed E-state index contributed by atoms with van der Waals surface area (Å²) >= 11 is 0. The smallest absolute Gasteiger partial charge is 0.267 e. The van der Waals surface area contributed by atoms with Crippen molar-refractivity contribution >= 4 is 23.1 Å². The first-order chi connectivity index (χ1) is 14.2. The first-order valence-corrected chi connectivity index (χ1v) is 12.2. The summed E-state index contributed by atoms with van der Waals surface area (Å²) in [5, 5.41) is 8.89. The molecule has 1 aromatic carbocycles. The molecular weight excluding hydrogens is 432 g/mol. The molecule has 3 rings (SSSR count). The standard InChI is InChI=1S/C17H18F3N2O2PS.2C2H2/c1-2-11-3-4-12(7-11)16-10-22(26(23,24)25-16)14-6-5-13(9-21)15(8-14)17(18,19)20;2*1-2/h3-6,8,11-12,16,25H,2,7,10H2,1H3;2*1-2H/t11-,12-,16-;;/m0../s1. The molecule has 1 unspecified atom stereocenters. The molecule has 4 atom stereocenters. The zero-order valence-corrected chi connectivity index (χ0v) is 18.1. The molecule has 4 nitrogen and oxygen atoms in total. The van der Waals surface area contributed by atoms with Crippen LogP contribution in [0, 0.1) is 48.9 Å². The number of nitriles is 1. The van der Waals surface area contributed by atoms with Crippen LogP contribution in [0.1, 0.15) is 30.9 Å².